The molecule has 2 aromatic rings. The molecular formula is C19H20N4O3. The van der Waals surface area contributed by atoms with E-state index in [0.29, 0.717) is 23.5 Å². The van der Waals surface area contributed by atoms with Crippen molar-refractivity contribution in [3.05, 3.63) is 53.6 Å². The Bertz CT molecular complexity index is 879. The highest BCUT2D eigenvalue weighted by Gasteiger charge is 2.22. The molecule has 0 spiro atoms. The van der Waals surface area contributed by atoms with Crippen LogP contribution in [0.5, 0.6) is 0 Å². The lowest BCUT2D eigenvalue weighted by Gasteiger charge is -2.15. The summed E-state index contributed by atoms with van der Waals surface area (Å²) in [7, 11) is 1.55. The second-order valence-electron chi connectivity index (χ2n) is 6.00. The maximum absolute atomic E-state index is 12.2. The van der Waals surface area contributed by atoms with Gasteiger partial charge in [0.2, 0.25) is 5.91 Å². The number of rotatable bonds is 3. The van der Waals surface area contributed by atoms with Crippen molar-refractivity contribution in [2.24, 2.45) is 0 Å². The summed E-state index contributed by atoms with van der Waals surface area (Å²) in [5.41, 5.74) is 3.55. The Labute approximate surface area is 151 Å². The van der Waals surface area contributed by atoms with Gasteiger partial charge in [-0.15, -0.1) is 0 Å². The molecule has 1 aliphatic heterocycles. The Kier molecular flexibility index (Phi) is 4.88. The van der Waals surface area contributed by atoms with Crippen LogP contribution in [0.3, 0.4) is 0 Å². The first-order valence-corrected chi connectivity index (χ1v) is 8.29. The smallest absolute Gasteiger partial charge is 0.323 e. The Morgan fingerprint density at radius 1 is 1.00 bits per heavy atom. The minimum Gasteiger partial charge on any atom is -0.355 e. The number of carbonyl (C=O) groups excluding carboxylic acids is 3. The molecule has 0 aliphatic carbocycles. The quantitative estimate of drug-likeness (QED) is 0.793. The third kappa shape index (κ3) is 3.66. The zero-order valence-electron chi connectivity index (χ0n) is 14.6. The fourth-order valence-corrected chi connectivity index (χ4v) is 2.98. The largest absolute Gasteiger partial charge is 0.355 e. The van der Waals surface area contributed by atoms with Gasteiger partial charge >= 0.3 is 6.03 Å². The van der Waals surface area contributed by atoms with Crippen molar-refractivity contribution >= 4 is 34.9 Å². The van der Waals surface area contributed by atoms with Crippen LogP contribution >= 0.6 is 0 Å². The molecule has 0 bridgehead atoms. The molecule has 134 valence electrons. The molecule has 7 nitrogen and oxygen atoms in total. The molecule has 0 saturated carbocycles. The normalized spacial score (nSPS) is 12.3. The van der Waals surface area contributed by atoms with Crippen LogP contribution < -0.4 is 20.9 Å². The van der Waals surface area contributed by atoms with Crippen molar-refractivity contribution in [2.75, 3.05) is 29.1 Å². The number of anilines is 3. The summed E-state index contributed by atoms with van der Waals surface area (Å²) < 4.78 is 0. The summed E-state index contributed by atoms with van der Waals surface area (Å²) in [5, 5.41) is 8.02. The Hall–Kier alpha value is -3.35. The van der Waals surface area contributed by atoms with Gasteiger partial charge in [0.25, 0.3) is 5.91 Å². The Balaban J connectivity index is 1.68. The average Bonchev–Trinajstić information content (AvgIpc) is 3.04. The maximum atomic E-state index is 12.2. The lowest BCUT2D eigenvalue weighted by Crippen LogP contribution is -2.25. The van der Waals surface area contributed by atoms with Gasteiger partial charge in [0.05, 0.1) is 0 Å². The molecule has 0 saturated heterocycles. The lowest BCUT2D eigenvalue weighted by atomic mass is 10.1. The van der Waals surface area contributed by atoms with Gasteiger partial charge in [-0.1, -0.05) is 6.07 Å². The lowest BCUT2D eigenvalue weighted by molar-refractivity contribution is -0.116. The fourth-order valence-electron chi connectivity index (χ4n) is 2.98. The molecule has 7 heteroatoms. The van der Waals surface area contributed by atoms with Crippen molar-refractivity contribution in [3.8, 4) is 0 Å². The number of fused-ring (bicyclic) bond motifs is 1. The van der Waals surface area contributed by atoms with Crippen LogP contribution in [-0.4, -0.2) is 31.4 Å². The predicted octanol–water partition coefficient (Wildman–Crippen LogP) is 2.60. The molecule has 0 unspecified atom stereocenters. The van der Waals surface area contributed by atoms with Gasteiger partial charge in [-0.05, 0) is 48.4 Å². The first-order valence-electron chi connectivity index (χ1n) is 8.29. The summed E-state index contributed by atoms with van der Waals surface area (Å²) >= 11 is 0. The minimum atomic E-state index is -0.402. The van der Waals surface area contributed by atoms with Crippen LogP contribution in [0.4, 0.5) is 21.9 Å². The number of hydrogen-bond acceptors (Lipinski definition) is 3. The molecule has 3 rings (SSSR count). The van der Waals surface area contributed by atoms with E-state index >= 15 is 0 Å². The zero-order valence-corrected chi connectivity index (χ0v) is 14.6. The van der Waals surface area contributed by atoms with Crippen LogP contribution in [0.25, 0.3) is 0 Å². The van der Waals surface area contributed by atoms with Gasteiger partial charge in [-0.2, -0.15) is 0 Å². The summed E-state index contributed by atoms with van der Waals surface area (Å²) in [5.74, 6) is -0.207. The second kappa shape index (κ2) is 7.26. The van der Waals surface area contributed by atoms with Crippen LogP contribution in [0.1, 0.15) is 22.8 Å². The molecule has 0 aromatic heterocycles. The number of amides is 4. The van der Waals surface area contributed by atoms with Gasteiger partial charge in [0.1, 0.15) is 0 Å². The molecule has 0 fully saturated rings. The monoisotopic (exact) mass is 352 g/mol. The molecule has 2 aromatic carbocycles. The number of nitrogens with one attached hydrogen (secondary N) is 3. The van der Waals surface area contributed by atoms with Crippen LogP contribution in [0.15, 0.2) is 42.5 Å². The average molecular weight is 352 g/mol. The van der Waals surface area contributed by atoms with Crippen LogP contribution in [0, 0.1) is 0 Å². The van der Waals surface area contributed by atoms with E-state index in [1.165, 1.54) is 0 Å². The molecule has 3 N–H and O–H groups in total. The van der Waals surface area contributed by atoms with Gasteiger partial charge in [0, 0.05) is 43.1 Å². The molecule has 0 radical (unpaired) electrons. The molecular weight excluding hydrogens is 332 g/mol. The van der Waals surface area contributed by atoms with Crippen molar-refractivity contribution in [2.45, 2.75) is 13.3 Å². The van der Waals surface area contributed by atoms with Crippen molar-refractivity contribution < 1.29 is 14.4 Å². The minimum absolute atomic E-state index is 0.0122. The summed E-state index contributed by atoms with van der Waals surface area (Å²) in [6.07, 6.45) is 0.764. The topological polar surface area (TPSA) is 90.5 Å². The van der Waals surface area contributed by atoms with Crippen molar-refractivity contribution in [1.82, 2.24) is 5.32 Å². The summed E-state index contributed by atoms with van der Waals surface area (Å²) in [6, 6.07) is 11.8. The number of carbonyl (C=O) groups is 3. The maximum Gasteiger partial charge on any atom is 0.323 e. The van der Waals surface area contributed by atoms with Gasteiger partial charge in [0.15, 0.2) is 0 Å². The highest BCUT2D eigenvalue weighted by molar-refractivity contribution is 6.02. The number of urea groups is 1. The van der Waals surface area contributed by atoms with E-state index in [-0.39, 0.29) is 11.8 Å². The molecule has 0 atom stereocenters. The van der Waals surface area contributed by atoms with Gasteiger partial charge in [-0.25, -0.2) is 4.79 Å². The summed E-state index contributed by atoms with van der Waals surface area (Å²) in [6.45, 7) is 2.20. The molecule has 4 amide bonds. The number of hydrogen-bond donors (Lipinski definition) is 3. The number of benzene rings is 2. The molecule has 1 heterocycles. The van der Waals surface area contributed by atoms with E-state index in [2.05, 4.69) is 16.0 Å². The first kappa shape index (κ1) is 17.5. The highest BCUT2D eigenvalue weighted by atomic mass is 16.2. The third-order valence-electron chi connectivity index (χ3n) is 4.22. The number of nitrogens with zero attached hydrogens (tertiary/aromatic N) is 1. The summed E-state index contributed by atoms with van der Waals surface area (Å²) in [4.78, 5) is 37.2. The van der Waals surface area contributed by atoms with Crippen molar-refractivity contribution in [1.29, 1.82) is 0 Å². The van der Waals surface area contributed by atoms with Gasteiger partial charge < -0.3 is 20.9 Å². The molecule has 1 aliphatic rings. The van der Waals surface area contributed by atoms with E-state index in [4.69, 9.17) is 0 Å². The molecule has 26 heavy (non-hydrogen) atoms. The van der Waals surface area contributed by atoms with E-state index in [0.717, 1.165) is 17.7 Å². The van der Waals surface area contributed by atoms with E-state index < -0.39 is 6.03 Å². The van der Waals surface area contributed by atoms with Gasteiger partial charge in [-0.3, -0.25) is 9.59 Å². The van der Waals surface area contributed by atoms with E-state index in [1.807, 2.05) is 12.1 Å². The Morgan fingerprint density at radius 3 is 2.42 bits per heavy atom. The first-order chi connectivity index (χ1) is 12.5. The van der Waals surface area contributed by atoms with Crippen LogP contribution in [0.2, 0.25) is 0 Å². The van der Waals surface area contributed by atoms with Crippen molar-refractivity contribution in [3.63, 3.8) is 0 Å². The highest BCUT2D eigenvalue weighted by Crippen LogP contribution is 2.30. The fraction of sp³-hybridized carbons (Fsp3) is 0.211. The Morgan fingerprint density at radius 2 is 1.73 bits per heavy atom. The second-order valence-corrected chi connectivity index (χ2v) is 6.00. The third-order valence-corrected chi connectivity index (χ3v) is 4.22. The van der Waals surface area contributed by atoms with Crippen LogP contribution in [-0.2, 0) is 11.2 Å². The standard InChI is InChI=1S/C19H20N4O3/c1-12(24)23-9-8-13-10-16(6-7-17(13)23)22-19(26)21-15-5-3-4-14(11-15)18(25)20-2/h3-7,10-11H,8-9H2,1-2H3,(H,20,25)(H2,21,22,26). The predicted molar refractivity (Wildman–Crippen MR) is 101 cm³/mol. The van der Waals surface area contributed by atoms with E-state index in [9.17, 15) is 14.4 Å². The SMILES string of the molecule is CNC(=O)c1cccc(NC(=O)Nc2ccc3c(c2)CCN3C(C)=O)c1. The zero-order chi connectivity index (χ0) is 18.7. The van der Waals surface area contributed by atoms with E-state index in [1.54, 1.807) is 49.2 Å².